The summed E-state index contributed by atoms with van der Waals surface area (Å²) in [4.78, 5) is 26.0. The lowest BCUT2D eigenvalue weighted by Gasteiger charge is -2.31. The van der Waals surface area contributed by atoms with E-state index in [1.165, 1.54) is 17.1 Å². The molecule has 23 heavy (non-hydrogen) atoms. The van der Waals surface area contributed by atoms with E-state index >= 15 is 0 Å². The summed E-state index contributed by atoms with van der Waals surface area (Å²) < 4.78 is 26.8. The zero-order valence-corrected chi connectivity index (χ0v) is 12.7. The molecular formula is C16H17F2N3O2. The maximum absolute atomic E-state index is 13.4. The summed E-state index contributed by atoms with van der Waals surface area (Å²) in [6, 6.07) is 2.69. The molecule has 0 unspecified atom stereocenters. The molecule has 2 heterocycles. The average Bonchev–Trinajstić information content (AvgIpc) is 2.98. The van der Waals surface area contributed by atoms with Crippen molar-refractivity contribution in [3.05, 3.63) is 35.4 Å². The van der Waals surface area contributed by atoms with E-state index in [0.717, 1.165) is 6.07 Å². The molecule has 2 aliphatic rings. The van der Waals surface area contributed by atoms with Crippen molar-refractivity contribution in [3.63, 3.8) is 0 Å². The van der Waals surface area contributed by atoms with Gasteiger partial charge in [0.15, 0.2) is 0 Å². The van der Waals surface area contributed by atoms with Crippen LogP contribution in [0.4, 0.5) is 8.78 Å². The lowest BCUT2D eigenvalue weighted by molar-refractivity contribution is -0.145. The van der Waals surface area contributed by atoms with E-state index in [4.69, 9.17) is 0 Å². The van der Waals surface area contributed by atoms with Crippen molar-refractivity contribution in [2.24, 2.45) is 11.0 Å². The fourth-order valence-corrected chi connectivity index (χ4v) is 3.01. The molecule has 0 radical (unpaired) electrons. The van der Waals surface area contributed by atoms with Crippen LogP contribution in [0.3, 0.4) is 0 Å². The van der Waals surface area contributed by atoms with E-state index in [1.54, 1.807) is 18.2 Å². The van der Waals surface area contributed by atoms with Crippen molar-refractivity contribution in [3.8, 4) is 0 Å². The van der Waals surface area contributed by atoms with Gasteiger partial charge in [0, 0.05) is 38.7 Å². The average molecular weight is 321 g/mol. The molecule has 2 aliphatic heterocycles. The van der Waals surface area contributed by atoms with Gasteiger partial charge >= 0.3 is 0 Å². The monoisotopic (exact) mass is 321 g/mol. The van der Waals surface area contributed by atoms with Gasteiger partial charge in [0.2, 0.25) is 11.8 Å². The fourth-order valence-electron chi connectivity index (χ4n) is 3.01. The molecule has 0 spiro atoms. The van der Waals surface area contributed by atoms with Gasteiger partial charge in [-0.2, -0.15) is 5.10 Å². The second-order valence-electron chi connectivity index (χ2n) is 5.94. The number of halogens is 2. The molecule has 1 aromatic carbocycles. The second-order valence-corrected chi connectivity index (χ2v) is 5.94. The lowest BCUT2D eigenvalue weighted by atomic mass is 9.94. The summed E-state index contributed by atoms with van der Waals surface area (Å²) in [5.74, 6) is -2.15. The first kappa shape index (κ1) is 15.6. The van der Waals surface area contributed by atoms with Gasteiger partial charge in [0.05, 0.1) is 12.0 Å². The van der Waals surface area contributed by atoms with Gasteiger partial charge in [0.1, 0.15) is 11.6 Å². The van der Waals surface area contributed by atoms with Crippen LogP contribution in [0.5, 0.6) is 0 Å². The lowest BCUT2D eigenvalue weighted by Crippen LogP contribution is -2.42. The molecule has 0 N–H and O–H groups in total. The molecule has 0 saturated carbocycles. The van der Waals surface area contributed by atoms with Gasteiger partial charge in [-0.1, -0.05) is 0 Å². The van der Waals surface area contributed by atoms with Gasteiger partial charge in [-0.25, -0.2) is 13.8 Å². The smallest absolute Gasteiger partial charge is 0.246 e. The first-order valence-corrected chi connectivity index (χ1v) is 7.51. The molecule has 122 valence electrons. The first-order valence-electron chi connectivity index (χ1n) is 7.51. The molecule has 1 aromatic rings. The number of hydrogen-bond acceptors (Lipinski definition) is 3. The largest absolute Gasteiger partial charge is 0.346 e. The maximum Gasteiger partial charge on any atom is 0.246 e. The molecule has 1 fully saturated rings. The minimum atomic E-state index is -0.686. The Bertz CT molecular complexity index is 657. The van der Waals surface area contributed by atoms with Crippen molar-refractivity contribution in [2.45, 2.75) is 25.3 Å². The highest BCUT2D eigenvalue weighted by atomic mass is 19.1. The zero-order valence-electron chi connectivity index (χ0n) is 12.7. The normalized spacial score (nSPS) is 24.4. The topological polar surface area (TPSA) is 53.0 Å². The summed E-state index contributed by atoms with van der Waals surface area (Å²) in [5.41, 5.74) is 0.368. The number of hydrazone groups is 1. The quantitative estimate of drug-likeness (QED) is 0.837. The van der Waals surface area contributed by atoms with Crippen LogP contribution in [0.15, 0.2) is 23.3 Å². The van der Waals surface area contributed by atoms with E-state index in [-0.39, 0.29) is 18.2 Å². The van der Waals surface area contributed by atoms with Crippen molar-refractivity contribution in [1.82, 2.24) is 9.91 Å². The highest BCUT2D eigenvalue weighted by molar-refractivity contribution is 5.88. The van der Waals surface area contributed by atoms with E-state index in [0.29, 0.717) is 24.9 Å². The zero-order chi connectivity index (χ0) is 16.6. The number of carbonyl (C=O) groups is 2. The SMILES string of the molecule is CN1CC[C@@H](C(=O)N2N=CC[C@H]2c2cc(F)cc(F)c2)CC1=O. The van der Waals surface area contributed by atoms with E-state index < -0.39 is 23.6 Å². The minimum absolute atomic E-state index is 0.0777. The summed E-state index contributed by atoms with van der Waals surface area (Å²) in [5, 5.41) is 5.32. The van der Waals surface area contributed by atoms with Crippen LogP contribution in [-0.4, -0.2) is 41.5 Å². The maximum atomic E-state index is 13.4. The van der Waals surface area contributed by atoms with Crippen LogP contribution in [0.2, 0.25) is 0 Å². The van der Waals surface area contributed by atoms with Crippen LogP contribution in [0, 0.1) is 17.6 Å². The Morgan fingerprint density at radius 3 is 2.61 bits per heavy atom. The van der Waals surface area contributed by atoms with Crippen molar-refractivity contribution in [1.29, 1.82) is 0 Å². The Morgan fingerprint density at radius 1 is 1.26 bits per heavy atom. The highest BCUT2D eigenvalue weighted by Crippen LogP contribution is 2.32. The van der Waals surface area contributed by atoms with Gasteiger partial charge in [-0.05, 0) is 24.1 Å². The molecule has 2 amide bonds. The fraction of sp³-hybridized carbons (Fsp3) is 0.438. The van der Waals surface area contributed by atoms with Crippen molar-refractivity contribution >= 4 is 18.0 Å². The molecule has 3 rings (SSSR count). The molecule has 0 aliphatic carbocycles. The van der Waals surface area contributed by atoms with Gasteiger partial charge in [-0.3, -0.25) is 9.59 Å². The Labute approximate surface area is 132 Å². The molecular weight excluding hydrogens is 304 g/mol. The van der Waals surface area contributed by atoms with E-state index in [1.807, 2.05) is 0 Å². The summed E-state index contributed by atoms with van der Waals surface area (Å²) in [7, 11) is 1.70. The standard InChI is InChI=1S/C16H17F2N3O2/c1-20-5-3-10(8-15(20)22)16(23)21-14(2-4-19-21)11-6-12(17)9-13(18)7-11/h4,6-7,9-10,14H,2-3,5,8H2,1H3/t10-,14+/m1/s1. The number of hydrogen-bond donors (Lipinski definition) is 0. The summed E-state index contributed by atoms with van der Waals surface area (Å²) >= 11 is 0. The van der Waals surface area contributed by atoms with Crippen LogP contribution in [0.1, 0.15) is 30.9 Å². The number of carbonyl (C=O) groups excluding carboxylic acids is 2. The number of rotatable bonds is 2. The minimum Gasteiger partial charge on any atom is -0.346 e. The number of benzene rings is 1. The number of amides is 2. The Balaban J connectivity index is 1.79. The van der Waals surface area contributed by atoms with Gasteiger partial charge in [0.25, 0.3) is 0 Å². The molecule has 0 bridgehead atoms. The van der Waals surface area contributed by atoms with Crippen LogP contribution < -0.4 is 0 Å². The van der Waals surface area contributed by atoms with Crippen molar-refractivity contribution < 1.29 is 18.4 Å². The molecule has 7 heteroatoms. The van der Waals surface area contributed by atoms with E-state index in [9.17, 15) is 18.4 Å². The predicted molar refractivity (Wildman–Crippen MR) is 79.4 cm³/mol. The van der Waals surface area contributed by atoms with E-state index in [2.05, 4.69) is 5.10 Å². The van der Waals surface area contributed by atoms with Crippen molar-refractivity contribution in [2.75, 3.05) is 13.6 Å². The Hall–Kier alpha value is -2.31. The summed E-state index contributed by atoms with van der Waals surface area (Å²) in [6.07, 6.45) is 2.67. The number of likely N-dealkylation sites (tertiary alicyclic amines) is 1. The second kappa shape index (κ2) is 6.06. The molecule has 5 nitrogen and oxygen atoms in total. The molecule has 1 saturated heterocycles. The molecule has 2 atom stereocenters. The first-order chi connectivity index (χ1) is 11.0. The highest BCUT2D eigenvalue weighted by Gasteiger charge is 2.36. The Morgan fingerprint density at radius 2 is 1.96 bits per heavy atom. The van der Waals surface area contributed by atoms with Crippen LogP contribution in [-0.2, 0) is 9.59 Å². The number of piperidine rings is 1. The van der Waals surface area contributed by atoms with Gasteiger partial charge < -0.3 is 4.90 Å². The third-order valence-corrected chi connectivity index (χ3v) is 4.33. The molecule has 0 aromatic heterocycles. The van der Waals surface area contributed by atoms with Crippen LogP contribution in [0.25, 0.3) is 0 Å². The predicted octanol–water partition coefficient (Wildman–Crippen LogP) is 2.09. The number of nitrogens with zero attached hydrogens (tertiary/aromatic N) is 3. The third kappa shape index (κ3) is 3.09. The van der Waals surface area contributed by atoms with Gasteiger partial charge in [-0.15, -0.1) is 0 Å². The third-order valence-electron chi connectivity index (χ3n) is 4.33. The summed E-state index contributed by atoms with van der Waals surface area (Å²) in [6.45, 7) is 0.520. The van der Waals surface area contributed by atoms with Crippen LogP contribution >= 0.6 is 0 Å². The Kier molecular flexibility index (Phi) is 4.11.